The average Bonchev–Trinajstić information content (AvgIpc) is 3.30. The van der Waals surface area contributed by atoms with E-state index in [0.29, 0.717) is 13.0 Å². The summed E-state index contributed by atoms with van der Waals surface area (Å²) in [5, 5.41) is 9.09. The number of benzene rings is 2. The molecule has 5 N–H and O–H groups in total. The summed E-state index contributed by atoms with van der Waals surface area (Å²) in [6.07, 6.45) is 10.2. The van der Waals surface area contributed by atoms with Crippen LogP contribution in [-0.2, 0) is 24.1 Å². The topological polar surface area (TPSA) is 95.8 Å². The number of H-pyrrole nitrogens is 1. The average molecular weight is 543 g/mol. The van der Waals surface area contributed by atoms with Crippen LogP contribution in [0.3, 0.4) is 0 Å². The summed E-state index contributed by atoms with van der Waals surface area (Å²) in [6.45, 7) is 1.59. The molecule has 1 aliphatic rings. The largest absolute Gasteiger partial charge is 0.384 e. The number of rotatable bonds is 10. The van der Waals surface area contributed by atoms with Crippen molar-refractivity contribution in [2.75, 3.05) is 18.4 Å². The van der Waals surface area contributed by atoms with Gasteiger partial charge in [-0.15, -0.1) is 24.8 Å². The molecule has 0 unspecified atom stereocenters. The predicted molar refractivity (Wildman–Crippen MR) is 158 cm³/mol. The molecule has 1 amide bonds. The van der Waals surface area contributed by atoms with Crippen molar-refractivity contribution in [3.8, 4) is 0 Å². The molecule has 0 bridgehead atoms. The first kappa shape index (κ1) is 28.8. The van der Waals surface area contributed by atoms with Crippen molar-refractivity contribution in [3.63, 3.8) is 0 Å². The molecule has 1 atom stereocenters. The number of carbonyl (C=O) groups is 1. The Hall–Kier alpha value is -2.80. The van der Waals surface area contributed by atoms with Gasteiger partial charge in [-0.25, -0.2) is 0 Å². The molecule has 198 valence electrons. The fraction of sp³-hybridized carbons (Fsp3) is 0.379. The number of nitrogens with one attached hydrogen (secondary N) is 3. The zero-order chi connectivity index (χ0) is 24.0. The number of para-hydroxylation sites is 2. The quantitative estimate of drug-likeness (QED) is 0.193. The second kappa shape index (κ2) is 13.7. The smallest absolute Gasteiger partial charge is 0.237 e. The number of hydrogen-bond donors (Lipinski definition) is 4. The van der Waals surface area contributed by atoms with Crippen LogP contribution in [0.4, 0.5) is 5.69 Å². The molecular weight excluding hydrogens is 505 g/mol. The number of aromatic nitrogens is 2. The Morgan fingerprint density at radius 2 is 1.68 bits per heavy atom. The van der Waals surface area contributed by atoms with Crippen LogP contribution in [0.2, 0.25) is 0 Å². The number of pyridine rings is 1. The number of amides is 1. The highest BCUT2D eigenvalue weighted by Gasteiger charge is 2.18. The van der Waals surface area contributed by atoms with Crippen molar-refractivity contribution in [2.24, 2.45) is 5.73 Å². The molecule has 0 saturated heterocycles. The summed E-state index contributed by atoms with van der Waals surface area (Å²) in [5.41, 5.74) is 13.4. The Morgan fingerprint density at radius 1 is 0.946 bits per heavy atom. The van der Waals surface area contributed by atoms with Crippen molar-refractivity contribution in [3.05, 3.63) is 71.5 Å². The fourth-order valence-corrected chi connectivity index (χ4v) is 5.19. The zero-order valence-corrected chi connectivity index (χ0v) is 22.7. The first-order valence-corrected chi connectivity index (χ1v) is 12.9. The number of fused-ring (bicyclic) bond motifs is 3. The van der Waals surface area contributed by atoms with Crippen LogP contribution in [0.5, 0.6) is 0 Å². The summed E-state index contributed by atoms with van der Waals surface area (Å²) >= 11 is 0. The van der Waals surface area contributed by atoms with Gasteiger partial charge in [0.25, 0.3) is 0 Å². The van der Waals surface area contributed by atoms with Gasteiger partial charge >= 0.3 is 0 Å². The number of aromatic amines is 1. The molecule has 2 heterocycles. The van der Waals surface area contributed by atoms with Gasteiger partial charge in [-0.05, 0) is 74.6 Å². The maximum Gasteiger partial charge on any atom is 0.237 e. The van der Waals surface area contributed by atoms with Gasteiger partial charge in [0, 0.05) is 47.0 Å². The number of halogens is 2. The van der Waals surface area contributed by atoms with Crippen LogP contribution in [0.25, 0.3) is 21.8 Å². The molecule has 2 aromatic heterocycles. The fourth-order valence-electron chi connectivity index (χ4n) is 5.19. The Kier molecular flexibility index (Phi) is 10.6. The lowest BCUT2D eigenvalue weighted by atomic mass is 9.92. The predicted octanol–water partition coefficient (Wildman–Crippen LogP) is 5.71. The molecule has 6 nitrogen and oxygen atoms in total. The molecule has 4 aromatic rings. The third-order valence-corrected chi connectivity index (χ3v) is 7.08. The Balaban J connectivity index is 0.00000190. The van der Waals surface area contributed by atoms with Crippen LogP contribution in [0, 0.1) is 0 Å². The third-order valence-electron chi connectivity index (χ3n) is 7.08. The van der Waals surface area contributed by atoms with Gasteiger partial charge in [-0.1, -0.05) is 36.4 Å². The molecule has 1 aliphatic carbocycles. The number of nitrogens with zero attached hydrogens (tertiary/aromatic N) is 1. The van der Waals surface area contributed by atoms with Crippen LogP contribution in [-0.4, -0.2) is 35.0 Å². The second-order valence-electron chi connectivity index (χ2n) is 9.58. The van der Waals surface area contributed by atoms with Crippen LogP contribution >= 0.6 is 24.8 Å². The van der Waals surface area contributed by atoms with Crippen LogP contribution in [0.15, 0.2) is 54.7 Å². The van der Waals surface area contributed by atoms with Crippen molar-refractivity contribution in [1.29, 1.82) is 0 Å². The Morgan fingerprint density at radius 3 is 2.54 bits per heavy atom. The van der Waals surface area contributed by atoms with E-state index in [0.717, 1.165) is 60.6 Å². The number of anilines is 1. The van der Waals surface area contributed by atoms with E-state index in [1.165, 1.54) is 35.2 Å². The minimum absolute atomic E-state index is 0. The molecule has 0 spiro atoms. The van der Waals surface area contributed by atoms with E-state index in [1.807, 2.05) is 24.4 Å². The lowest BCUT2D eigenvalue weighted by Gasteiger charge is -2.21. The molecule has 0 aliphatic heterocycles. The summed E-state index contributed by atoms with van der Waals surface area (Å²) in [7, 11) is 0. The van der Waals surface area contributed by atoms with Crippen molar-refractivity contribution >= 4 is 58.2 Å². The van der Waals surface area contributed by atoms with E-state index in [1.54, 1.807) is 0 Å². The highest BCUT2D eigenvalue weighted by atomic mass is 35.5. The summed E-state index contributed by atoms with van der Waals surface area (Å²) in [5.74, 6) is -0.0803. The van der Waals surface area contributed by atoms with Crippen LogP contribution < -0.4 is 16.4 Å². The lowest BCUT2D eigenvalue weighted by molar-refractivity contribution is -0.122. The molecule has 37 heavy (non-hydrogen) atoms. The minimum Gasteiger partial charge on any atom is -0.384 e. The lowest BCUT2D eigenvalue weighted by Crippen LogP contribution is -2.42. The summed E-state index contributed by atoms with van der Waals surface area (Å²) in [4.78, 5) is 20.6. The standard InChI is InChI=1S/C29H35N5O.2ClH/c30-24(18-20-19-33-25-13-5-2-10-21(20)25)29(35)32-17-9-1-8-16-31-28-22-11-3-6-14-26(22)34-27-15-7-4-12-23(27)28;;/h2-3,5-6,10-11,13-14,19,24,33H,1,4,7-9,12,15-18,30H2,(H,31,34)(H,32,35);2*1H/t24-;;/m0../s1. The van der Waals surface area contributed by atoms with Gasteiger partial charge < -0.3 is 21.4 Å². The van der Waals surface area contributed by atoms with Crippen molar-refractivity contribution < 1.29 is 4.79 Å². The van der Waals surface area contributed by atoms with E-state index in [4.69, 9.17) is 10.7 Å². The minimum atomic E-state index is -0.540. The van der Waals surface area contributed by atoms with Gasteiger partial charge in [0.05, 0.1) is 11.6 Å². The summed E-state index contributed by atoms with van der Waals surface area (Å²) in [6, 6.07) is 16.0. The Bertz CT molecular complexity index is 1320. The first-order chi connectivity index (χ1) is 17.2. The number of aryl methyl sites for hydroxylation is 1. The van der Waals surface area contributed by atoms with Gasteiger partial charge in [0.1, 0.15) is 0 Å². The molecule has 2 aromatic carbocycles. The maximum atomic E-state index is 12.5. The number of carbonyl (C=O) groups excluding carboxylic acids is 1. The van der Waals surface area contributed by atoms with Gasteiger partial charge in [-0.3, -0.25) is 9.78 Å². The van der Waals surface area contributed by atoms with Gasteiger partial charge in [-0.2, -0.15) is 0 Å². The SMILES string of the molecule is Cl.Cl.N[C@@H](Cc1c[nH]c2ccccc12)C(=O)NCCCCCNc1c2c(nc3ccccc13)CCCC2. The number of unbranched alkanes of at least 4 members (excludes halogenated alkanes) is 2. The van der Waals surface area contributed by atoms with Gasteiger partial charge in [0.15, 0.2) is 0 Å². The van der Waals surface area contributed by atoms with E-state index < -0.39 is 6.04 Å². The van der Waals surface area contributed by atoms with E-state index in [9.17, 15) is 4.79 Å². The summed E-state index contributed by atoms with van der Waals surface area (Å²) < 4.78 is 0. The molecule has 0 fully saturated rings. The third kappa shape index (κ3) is 6.75. The molecule has 8 heteroatoms. The molecule has 5 rings (SSSR count). The molecule has 0 radical (unpaired) electrons. The Labute approximate surface area is 231 Å². The highest BCUT2D eigenvalue weighted by molar-refractivity contribution is 5.93. The van der Waals surface area contributed by atoms with Crippen LogP contribution in [0.1, 0.15) is 48.9 Å². The second-order valence-corrected chi connectivity index (χ2v) is 9.58. The first-order valence-electron chi connectivity index (χ1n) is 12.9. The van der Waals surface area contributed by atoms with Crippen molar-refractivity contribution in [1.82, 2.24) is 15.3 Å². The molecular formula is C29H37Cl2N5O. The van der Waals surface area contributed by atoms with Gasteiger partial charge in [0.2, 0.25) is 5.91 Å². The maximum absolute atomic E-state index is 12.5. The van der Waals surface area contributed by atoms with Crippen molar-refractivity contribution in [2.45, 2.75) is 57.4 Å². The number of nitrogens with two attached hydrogens (primary N) is 1. The van der Waals surface area contributed by atoms with E-state index in [2.05, 4.69) is 45.9 Å². The van der Waals surface area contributed by atoms with E-state index in [-0.39, 0.29) is 30.7 Å². The molecule has 0 saturated carbocycles. The zero-order valence-electron chi connectivity index (χ0n) is 21.1. The van der Waals surface area contributed by atoms with E-state index >= 15 is 0 Å². The normalized spacial score (nSPS) is 13.3. The monoisotopic (exact) mass is 541 g/mol. The number of hydrogen-bond acceptors (Lipinski definition) is 4. The highest BCUT2D eigenvalue weighted by Crippen LogP contribution is 2.33.